The monoisotopic (exact) mass is 299 g/mol. The van der Waals surface area contributed by atoms with Crippen molar-refractivity contribution < 1.29 is 14.3 Å². The van der Waals surface area contributed by atoms with E-state index in [0.717, 1.165) is 36.6 Å². The summed E-state index contributed by atoms with van der Waals surface area (Å²) in [6.45, 7) is 3.91. The number of esters is 1. The van der Waals surface area contributed by atoms with Gasteiger partial charge in [0.25, 0.3) is 0 Å². The van der Waals surface area contributed by atoms with E-state index in [1.807, 2.05) is 5.38 Å². The Labute approximate surface area is 122 Å². The van der Waals surface area contributed by atoms with E-state index in [4.69, 9.17) is 0 Å². The fourth-order valence-corrected chi connectivity index (χ4v) is 2.36. The highest BCUT2D eigenvalue weighted by Gasteiger charge is 2.07. The van der Waals surface area contributed by atoms with E-state index in [1.165, 1.54) is 14.0 Å². The number of methoxy groups -OCH3 is 1. The fraction of sp³-hybridized carbons (Fsp3) is 0.615. The first-order valence-electron chi connectivity index (χ1n) is 6.57. The SMILES string of the molecule is COC(=O)Cc1csc(CCNCCCNC(C)=O)n1. The molecule has 0 bridgehead atoms. The van der Waals surface area contributed by atoms with E-state index in [-0.39, 0.29) is 18.3 Å². The number of rotatable bonds is 9. The number of ether oxygens (including phenoxy) is 1. The maximum atomic E-state index is 11.1. The zero-order chi connectivity index (χ0) is 14.8. The van der Waals surface area contributed by atoms with E-state index in [9.17, 15) is 9.59 Å². The molecule has 0 aliphatic carbocycles. The summed E-state index contributed by atoms with van der Waals surface area (Å²) < 4.78 is 4.60. The van der Waals surface area contributed by atoms with Gasteiger partial charge in [-0.2, -0.15) is 0 Å². The lowest BCUT2D eigenvalue weighted by molar-refractivity contribution is -0.139. The maximum absolute atomic E-state index is 11.1. The van der Waals surface area contributed by atoms with Crippen molar-refractivity contribution >= 4 is 23.2 Å². The average molecular weight is 299 g/mol. The van der Waals surface area contributed by atoms with E-state index >= 15 is 0 Å². The largest absolute Gasteiger partial charge is 0.469 e. The zero-order valence-electron chi connectivity index (χ0n) is 11.9. The topological polar surface area (TPSA) is 80.3 Å². The number of amides is 1. The van der Waals surface area contributed by atoms with Crippen molar-refractivity contribution in [3.63, 3.8) is 0 Å². The lowest BCUT2D eigenvalue weighted by atomic mass is 10.3. The van der Waals surface area contributed by atoms with E-state index in [0.29, 0.717) is 6.54 Å². The molecule has 0 saturated heterocycles. The number of nitrogens with zero attached hydrogens (tertiary/aromatic N) is 1. The number of carbonyl (C=O) groups is 2. The number of carbonyl (C=O) groups excluding carboxylic acids is 2. The van der Waals surface area contributed by atoms with Gasteiger partial charge in [-0.1, -0.05) is 0 Å². The lowest BCUT2D eigenvalue weighted by Gasteiger charge is -2.03. The quantitative estimate of drug-likeness (QED) is 0.513. The van der Waals surface area contributed by atoms with Crippen LogP contribution in [0.15, 0.2) is 5.38 Å². The molecule has 1 aromatic heterocycles. The molecule has 0 saturated carbocycles. The fourth-order valence-electron chi connectivity index (χ4n) is 1.56. The van der Waals surface area contributed by atoms with Crippen molar-refractivity contribution in [1.82, 2.24) is 15.6 Å². The summed E-state index contributed by atoms with van der Waals surface area (Å²) in [5.41, 5.74) is 0.766. The number of thiazole rings is 1. The van der Waals surface area contributed by atoms with E-state index in [2.05, 4.69) is 20.4 Å². The lowest BCUT2D eigenvalue weighted by Crippen LogP contribution is -2.26. The van der Waals surface area contributed by atoms with E-state index < -0.39 is 0 Å². The summed E-state index contributed by atoms with van der Waals surface area (Å²) in [6, 6.07) is 0. The summed E-state index contributed by atoms with van der Waals surface area (Å²) in [5.74, 6) is -0.260. The summed E-state index contributed by atoms with van der Waals surface area (Å²) in [7, 11) is 1.38. The number of hydrogen-bond acceptors (Lipinski definition) is 6. The first-order chi connectivity index (χ1) is 9.61. The molecule has 1 aromatic rings. The molecule has 112 valence electrons. The Morgan fingerprint density at radius 3 is 2.85 bits per heavy atom. The third-order valence-corrected chi connectivity index (χ3v) is 3.53. The molecule has 0 radical (unpaired) electrons. The molecule has 0 fully saturated rings. The third-order valence-electron chi connectivity index (χ3n) is 2.57. The predicted octanol–water partition coefficient (Wildman–Crippen LogP) is 0.517. The molecule has 7 heteroatoms. The Balaban J connectivity index is 2.10. The van der Waals surface area contributed by atoms with Crippen molar-refractivity contribution in [2.45, 2.75) is 26.2 Å². The molecule has 0 aliphatic heterocycles. The normalized spacial score (nSPS) is 10.3. The second-order valence-corrected chi connectivity index (χ2v) is 5.26. The first-order valence-corrected chi connectivity index (χ1v) is 7.45. The number of aromatic nitrogens is 1. The molecule has 2 N–H and O–H groups in total. The standard InChI is InChI=1S/C13H21N3O3S/c1-10(17)15-6-3-5-14-7-4-12-16-11(9-20-12)8-13(18)19-2/h9,14H,3-8H2,1-2H3,(H,15,17). The van der Waals surface area contributed by atoms with Gasteiger partial charge in [-0.05, 0) is 13.0 Å². The van der Waals surface area contributed by atoms with Crippen molar-refractivity contribution in [3.05, 3.63) is 16.1 Å². The minimum absolute atomic E-state index is 0.00548. The molecule has 1 amide bonds. The second kappa shape index (κ2) is 9.44. The summed E-state index contributed by atoms with van der Waals surface area (Å²) in [6.07, 6.45) is 1.98. The molecule has 1 heterocycles. The van der Waals surface area contributed by atoms with Crippen LogP contribution in [-0.4, -0.2) is 43.6 Å². The van der Waals surface area contributed by atoms with Crippen LogP contribution in [0.2, 0.25) is 0 Å². The van der Waals surface area contributed by atoms with Crippen molar-refractivity contribution in [1.29, 1.82) is 0 Å². The van der Waals surface area contributed by atoms with Crippen LogP contribution in [0.25, 0.3) is 0 Å². The Bertz CT molecular complexity index is 434. The highest BCUT2D eigenvalue weighted by molar-refractivity contribution is 7.09. The average Bonchev–Trinajstić information content (AvgIpc) is 2.84. The molecule has 0 aliphatic rings. The van der Waals surface area contributed by atoms with Gasteiger partial charge in [0.2, 0.25) is 5.91 Å². The number of hydrogen-bond donors (Lipinski definition) is 2. The zero-order valence-corrected chi connectivity index (χ0v) is 12.7. The van der Waals surface area contributed by atoms with Gasteiger partial charge in [0, 0.05) is 31.8 Å². The van der Waals surface area contributed by atoms with Gasteiger partial charge in [0.05, 0.1) is 24.2 Å². The van der Waals surface area contributed by atoms with Gasteiger partial charge in [-0.3, -0.25) is 9.59 Å². The predicted molar refractivity (Wildman–Crippen MR) is 77.7 cm³/mol. The molecule has 0 spiro atoms. The van der Waals surface area contributed by atoms with Crippen molar-refractivity contribution in [2.24, 2.45) is 0 Å². The summed E-state index contributed by atoms with van der Waals surface area (Å²) in [4.78, 5) is 26.1. The molecule has 0 atom stereocenters. The first kappa shape index (κ1) is 16.6. The van der Waals surface area contributed by atoms with Crippen LogP contribution >= 0.6 is 11.3 Å². The summed E-state index contributed by atoms with van der Waals surface area (Å²) >= 11 is 1.56. The van der Waals surface area contributed by atoms with Gasteiger partial charge in [-0.15, -0.1) is 11.3 Å². The smallest absolute Gasteiger partial charge is 0.311 e. The van der Waals surface area contributed by atoms with Crippen LogP contribution in [0.3, 0.4) is 0 Å². The molecule has 0 aromatic carbocycles. The van der Waals surface area contributed by atoms with Gasteiger partial charge >= 0.3 is 5.97 Å². The van der Waals surface area contributed by atoms with Crippen molar-refractivity contribution in [2.75, 3.05) is 26.7 Å². The highest BCUT2D eigenvalue weighted by atomic mass is 32.1. The summed E-state index contributed by atoms with van der Waals surface area (Å²) in [5, 5.41) is 8.94. The van der Waals surface area contributed by atoms with Crippen molar-refractivity contribution in [3.8, 4) is 0 Å². The van der Waals surface area contributed by atoms with E-state index in [1.54, 1.807) is 11.3 Å². The van der Waals surface area contributed by atoms with Crippen LogP contribution in [0.1, 0.15) is 24.0 Å². The van der Waals surface area contributed by atoms with Crippen LogP contribution in [0.4, 0.5) is 0 Å². The Morgan fingerprint density at radius 2 is 2.15 bits per heavy atom. The van der Waals surface area contributed by atoms with Gasteiger partial charge in [-0.25, -0.2) is 4.98 Å². The Morgan fingerprint density at radius 1 is 1.35 bits per heavy atom. The molecule has 1 rings (SSSR count). The van der Waals surface area contributed by atoms with Crippen LogP contribution in [0, 0.1) is 0 Å². The Hall–Kier alpha value is -1.47. The highest BCUT2D eigenvalue weighted by Crippen LogP contribution is 2.10. The molecule has 20 heavy (non-hydrogen) atoms. The molecule has 6 nitrogen and oxygen atoms in total. The van der Waals surface area contributed by atoms with Crippen LogP contribution in [0.5, 0.6) is 0 Å². The van der Waals surface area contributed by atoms with Gasteiger partial charge in [0.15, 0.2) is 0 Å². The minimum Gasteiger partial charge on any atom is -0.469 e. The Kier molecular flexibility index (Phi) is 7.82. The minimum atomic E-state index is -0.266. The van der Waals surface area contributed by atoms with Crippen LogP contribution in [-0.2, 0) is 27.2 Å². The molecular formula is C13H21N3O3S. The molecular weight excluding hydrogens is 278 g/mol. The second-order valence-electron chi connectivity index (χ2n) is 4.32. The number of nitrogens with one attached hydrogen (secondary N) is 2. The van der Waals surface area contributed by atoms with Gasteiger partial charge in [0.1, 0.15) is 0 Å². The third kappa shape index (κ3) is 7.20. The van der Waals surface area contributed by atoms with Crippen LogP contribution < -0.4 is 10.6 Å². The molecule has 0 unspecified atom stereocenters. The van der Waals surface area contributed by atoms with Gasteiger partial charge < -0.3 is 15.4 Å². The maximum Gasteiger partial charge on any atom is 0.311 e.